The number of nitrogens with two attached hydrogens (primary N) is 1. The van der Waals surface area contributed by atoms with E-state index >= 15 is 0 Å². The molecule has 0 aliphatic rings. The fraction of sp³-hybridized carbons (Fsp3) is 0.0625. The molecule has 2 aromatic carbocycles. The Labute approximate surface area is 157 Å². The van der Waals surface area contributed by atoms with E-state index in [0.717, 1.165) is 5.56 Å². The highest BCUT2D eigenvalue weighted by atomic mass is 35.5. The number of aromatic nitrogens is 2. The topological polar surface area (TPSA) is 118 Å². The molecule has 0 fully saturated rings. The van der Waals surface area contributed by atoms with E-state index in [1.54, 1.807) is 41.1 Å². The summed E-state index contributed by atoms with van der Waals surface area (Å²) in [4.78, 5) is -0.0256. The first kappa shape index (κ1) is 18.7. The van der Waals surface area contributed by atoms with Gasteiger partial charge in [-0.1, -0.05) is 34.8 Å². The summed E-state index contributed by atoms with van der Waals surface area (Å²) >= 11 is 3.64. The fourth-order valence-electron chi connectivity index (χ4n) is 2.50. The summed E-state index contributed by atoms with van der Waals surface area (Å²) in [6, 6.07) is 12.7. The molecule has 0 spiro atoms. The van der Waals surface area contributed by atoms with Crippen molar-refractivity contribution in [2.75, 3.05) is 0 Å². The molecule has 7 nitrogen and oxygen atoms in total. The van der Waals surface area contributed by atoms with Crippen LogP contribution in [0.25, 0.3) is 16.9 Å². The molecule has 0 radical (unpaired) electrons. The Balaban J connectivity index is 2.14. The van der Waals surface area contributed by atoms with Gasteiger partial charge in [0, 0.05) is 21.9 Å². The van der Waals surface area contributed by atoms with Gasteiger partial charge in [-0.25, -0.2) is 18.2 Å². The maximum absolute atomic E-state index is 11.4. The Morgan fingerprint density at radius 1 is 1.12 bits per heavy atom. The van der Waals surface area contributed by atoms with Crippen molar-refractivity contribution in [1.82, 2.24) is 9.78 Å². The lowest BCUT2D eigenvalue weighted by molar-refractivity contribution is 0.536. The molecule has 10 heteroatoms. The van der Waals surface area contributed by atoms with Crippen LogP contribution in [0.15, 0.2) is 59.6 Å². The molecule has 0 saturated heterocycles. The molecule has 3 rings (SSSR count). The van der Waals surface area contributed by atoms with Gasteiger partial charge >= 0.3 is 0 Å². The number of halogens is 1. The lowest BCUT2D eigenvalue weighted by Gasteiger charge is -2.12. The minimum atomic E-state index is -3.81. The first-order valence-corrected chi connectivity index (χ1v) is 10.4. The second-order valence-corrected chi connectivity index (χ2v) is 8.32. The summed E-state index contributed by atoms with van der Waals surface area (Å²) in [6.07, 6.45) is 1.47. The third-order valence-electron chi connectivity index (χ3n) is 3.65. The molecular weight excluding hydrogens is 398 g/mol. The van der Waals surface area contributed by atoms with E-state index in [9.17, 15) is 17.2 Å². The van der Waals surface area contributed by atoms with Gasteiger partial charge in [0.2, 0.25) is 10.0 Å². The molecule has 2 N–H and O–H groups in total. The Morgan fingerprint density at radius 2 is 1.73 bits per heavy atom. The van der Waals surface area contributed by atoms with E-state index in [4.69, 9.17) is 16.7 Å². The van der Waals surface area contributed by atoms with Crippen molar-refractivity contribution in [3.63, 3.8) is 0 Å². The van der Waals surface area contributed by atoms with Gasteiger partial charge in [0.05, 0.1) is 22.5 Å². The molecule has 26 heavy (non-hydrogen) atoms. The minimum Gasteiger partial charge on any atom is -0.772 e. The first-order chi connectivity index (χ1) is 12.3. The van der Waals surface area contributed by atoms with E-state index in [1.807, 2.05) is 0 Å². The SMILES string of the molecule is NS(=O)(=O)c1ccc(-n2ncc(CS(=O)[O-])c2-c2ccc(Cl)cc2)cc1. The quantitative estimate of drug-likeness (QED) is 0.647. The molecule has 3 aromatic rings. The Kier molecular flexibility index (Phi) is 5.26. The molecule has 1 heterocycles. The van der Waals surface area contributed by atoms with Gasteiger partial charge in [-0.3, -0.25) is 4.21 Å². The number of nitrogens with zero attached hydrogens (tertiary/aromatic N) is 2. The van der Waals surface area contributed by atoms with Gasteiger partial charge in [-0.15, -0.1) is 0 Å². The predicted octanol–water partition coefficient (Wildman–Crippen LogP) is 2.22. The average Bonchev–Trinajstić information content (AvgIpc) is 2.98. The van der Waals surface area contributed by atoms with Gasteiger partial charge in [-0.2, -0.15) is 5.10 Å². The smallest absolute Gasteiger partial charge is 0.238 e. The summed E-state index contributed by atoms with van der Waals surface area (Å²) in [7, 11) is -3.81. The van der Waals surface area contributed by atoms with Gasteiger partial charge in [0.15, 0.2) is 0 Å². The summed E-state index contributed by atoms with van der Waals surface area (Å²) < 4.78 is 46.7. The van der Waals surface area contributed by atoms with Crippen molar-refractivity contribution in [3.05, 3.63) is 65.3 Å². The average molecular weight is 411 g/mol. The fourth-order valence-corrected chi connectivity index (χ4v) is 3.61. The van der Waals surface area contributed by atoms with Gasteiger partial charge in [0.25, 0.3) is 0 Å². The summed E-state index contributed by atoms with van der Waals surface area (Å²) in [5, 5.41) is 9.92. The first-order valence-electron chi connectivity index (χ1n) is 7.27. The standard InChI is InChI=1S/C16H14ClN3O4S2/c17-13-3-1-11(2-4-13)16-12(10-25(21)22)9-19-20(16)14-5-7-15(8-6-14)26(18,23)24/h1-9H,10H2,(H,21,22)(H2,18,23,24)/p-1. The third kappa shape index (κ3) is 4.02. The number of primary sulfonamides is 1. The lowest BCUT2D eigenvalue weighted by atomic mass is 10.1. The van der Waals surface area contributed by atoms with Crippen LogP contribution in [0, 0.1) is 0 Å². The summed E-state index contributed by atoms with van der Waals surface area (Å²) in [5.41, 5.74) is 2.37. The predicted molar refractivity (Wildman–Crippen MR) is 98.0 cm³/mol. The number of sulfonamides is 1. The highest BCUT2D eigenvalue weighted by Gasteiger charge is 2.16. The molecule has 0 aliphatic heterocycles. The zero-order chi connectivity index (χ0) is 18.9. The molecule has 1 aromatic heterocycles. The van der Waals surface area contributed by atoms with Crippen LogP contribution in [0.1, 0.15) is 5.56 Å². The van der Waals surface area contributed by atoms with Crippen molar-refractivity contribution < 1.29 is 17.2 Å². The zero-order valence-corrected chi connectivity index (χ0v) is 15.6. The van der Waals surface area contributed by atoms with E-state index in [2.05, 4.69) is 5.10 Å². The van der Waals surface area contributed by atoms with Gasteiger partial charge in [0.1, 0.15) is 0 Å². The number of hydrogen-bond donors (Lipinski definition) is 1. The van der Waals surface area contributed by atoms with Crippen LogP contribution in [-0.2, 0) is 26.9 Å². The summed E-state index contributed by atoms with van der Waals surface area (Å²) in [5.74, 6) is -0.201. The molecule has 0 amide bonds. The summed E-state index contributed by atoms with van der Waals surface area (Å²) in [6.45, 7) is 0. The lowest BCUT2D eigenvalue weighted by Crippen LogP contribution is -2.12. The van der Waals surface area contributed by atoms with Crippen LogP contribution >= 0.6 is 11.6 Å². The van der Waals surface area contributed by atoms with E-state index in [-0.39, 0.29) is 10.6 Å². The van der Waals surface area contributed by atoms with Crippen LogP contribution in [0.2, 0.25) is 5.02 Å². The largest absolute Gasteiger partial charge is 0.772 e. The highest BCUT2D eigenvalue weighted by molar-refractivity contribution is 7.89. The molecule has 0 saturated carbocycles. The molecular formula is C16H13ClN3O4S2-. The van der Waals surface area contributed by atoms with Crippen LogP contribution < -0.4 is 5.14 Å². The van der Waals surface area contributed by atoms with Crippen molar-refractivity contribution in [2.24, 2.45) is 5.14 Å². The normalized spacial score (nSPS) is 12.9. The van der Waals surface area contributed by atoms with Crippen molar-refractivity contribution in [1.29, 1.82) is 0 Å². The second kappa shape index (κ2) is 7.29. The minimum absolute atomic E-state index is 0.0256. The monoisotopic (exact) mass is 410 g/mol. The molecule has 136 valence electrons. The maximum atomic E-state index is 11.4. The molecule has 1 unspecified atom stereocenters. The Morgan fingerprint density at radius 3 is 2.27 bits per heavy atom. The third-order valence-corrected chi connectivity index (χ3v) is 5.37. The molecule has 1 atom stereocenters. The van der Waals surface area contributed by atoms with E-state index in [1.165, 1.54) is 18.3 Å². The molecule has 0 aliphatic carbocycles. The number of hydrogen-bond acceptors (Lipinski definition) is 5. The Hall–Kier alpha value is -2.04. The molecule has 0 bridgehead atoms. The zero-order valence-electron chi connectivity index (χ0n) is 13.2. The van der Waals surface area contributed by atoms with Crippen LogP contribution in [0.4, 0.5) is 0 Å². The Bertz CT molecular complexity index is 1060. The van der Waals surface area contributed by atoms with Crippen molar-refractivity contribution in [3.8, 4) is 16.9 Å². The maximum Gasteiger partial charge on any atom is 0.238 e. The van der Waals surface area contributed by atoms with Crippen LogP contribution in [0.5, 0.6) is 0 Å². The van der Waals surface area contributed by atoms with Crippen molar-refractivity contribution >= 4 is 32.7 Å². The van der Waals surface area contributed by atoms with E-state index in [0.29, 0.717) is 22.0 Å². The van der Waals surface area contributed by atoms with E-state index < -0.39 is 21.1 Å². The van der Waals surface area contributed by atoms with Gasteiger partial charge < -0.3 is 4.55 Å². The second-order valence-electron chi connectivity index (χ2n) is 5.42. The number of benzene rings is 2. The van der Waals surface area contributed by atoms with Crippen LogP contribution in [-0.4, -0.2) is 27.0 Å². The van der Waals surface area contributed by atoms with Gasteiger partial charge in [-0.05, 0) is 36.4 Å². The van der Waals surface area contributed by atoms with Crippen molar-refractivity contribution in [2.45, 2.75) is 10.6 Å². The number of rotatable bonds is 5. The van der Waals surface area contributed by atoms with Crippen LogP contribution in [0.3, 0.4) is 0 Å². The highest BCUT2D eigenvalue weighted by Crippen LogP contribution is 2.29.